The highest BCUT2D eigenvalue weighted by atomic mass is 19.1. The van der Waals surface area contributed by atoms with Gasteiger partial charge in [0.05, 0.1) is 13.7 Å². The van der Waals surface area contributed by atoms with Crippen LogP contribution in [0, 0.1) is 5.82 Å². The Morgan fingerprint density at radius 1 is 0.810 bits per heavy atom. The van der Waals surface area contributed by atoms with Crippen molar-refractivity contribution in [3.05, 3.63) is 131 Å². The van der Waals surface area contributed by atoms with Crippen molar-refractivity contribution in [1.29, 1.82) is 0 Å². The van der Waals surface area contributed by atoms with E-state index in [1.165, 1.54) is 19.2 Å². The molecule has 1 atom stereocenters. The highest BCUT2D eigenvalue weighted by Crippen LogP contribution is 2.22. The SMILES string of the molecule is COC(=O)C(Cc1ccc(OCCNCC(=O)Cc2ccc(F)cc2)cc1)Nc1ccccc1C(=O)c1ccccc1. The van der Waals surface area contributed by atoms with Crippen molar-refractivity contribution < 1.29 is 28.2 Å². The molecule has 0 aliphatic heterocycles. The molecule has 0 aliphatic rings. The van der Waals surface area contributed by atoms with Crippen LogP contribution >= 0.6 is 0 Å². The first-order valence-corrected chi connectivity index (χ1v) is 13.6. The van der Waals surface area contributed by atoms with Crippen LogP contribution in [0.1, 0.15) is 27.0 Å². The molecule has 0 saturated carbocycles. The number of para-hydroxylation sites is 1. The maximum Gasteiger partial charge on any atom is 0.328 e. The third-order valence-corrected chi connectivity index (χ3v) is 6.57. The van der Waals surface area contributed by atoms with E-state index in [1.807, 2.05) is 42.5 Å². The minimum absolute atomic E-state index is 0.00628. The van der Waals surface area contributed by atoms with E-state index in [2.05, 4.69) is 10.6 Å². The van der Waals surface area contributed by atoms with Gasteiger partial charge in [-0.1, -0.05) is 66.7 Å². The number of Topliss-reactive ketones (excluding diaryl/α,β-unsaturated/α-hetero) is 1. The first-order chi connectivity index (χ1) is 20.4. The first kappa shape index (κ1) is 30.1. The Labute approximate surface area is 244 Å². The lowest BCUT2D eigenvalue weighted by atomic mass is 10.00. The molecule has 2 N–H and O–H groups in total. The summed E-state index contributed by atoms with van der Waals surface area (Å²) >= 11 is 0. The normalized spacial score (nSPS) is 11.4. The predicted molar refractivity (Wildman–Crippen MR) is 159 cm³/mol. The molecular formula is C34H33FN2O5. The summed E-state index contributed by atoms with van der Waals surface area (Å²) in [6.07, 6.45) is 0.574. The summed E-state index contributed by atoms with van der Waals surface area (Å²) in [6.45, 7) is 1.04. The fourth-order valence-corrected chi connectivity index (χ4v) is 4.39. The van der Waals surface area contributed by atoms with Crippen molar-refractivity contribution in [2.75, 3.05) is 32.1 Å². The van der Waals surface area contributed by atoms with Crippen LogP contribution in [0.5, 0.6) is 5.75 Å². The van der Waals surface area contributed by atoms with Gasteiger partial charge in [-0.15, -0.1) is 0 Å². The Bertz CT molecular complexity index is 1470. The van der Waals surface area contributed by atoms with Gasteiger partial charge < -0.3 is 20.1 Å². The fraction of sp³-hybridized carbons (Fsp3) is 0.206. The van der Waals surface area contributed by atoms with Gasteiger partial charge in [0, 0.05) is 36.2 Å². The molecular weight excluding hydrogens is 535 g/mol. The lowest BCUT2D eigenvalue weighted by molar-refractivity contribution is -0.141. The molecule has 0 heterocycles. The van der Waals surface area contributed by atoms with Crippen LogP contribution in [0.25, 0.3) is 0 Å². The molecule has 0 bridgehead atoms. The van der Waals surface area contributed by atoms with Crippen LogP contribution < -0.4 is 15.4 Å². The van der Waals surface area contributed by atoms with Crippen LogP contribution in [0.4, 0.5) is 10.1 Å². The molecule has 0 aliphatic carbocycles. The van der Waals surface area contributed by atoms with Gasteiger partial charge in [0.25, 0.3) is 0 Å². The Morgan fingerprint density at radius 2 is 1.48 bits per heavy atom. The van der Waals surface area contributed by atoms with E-state index in [-0.39, 0.29) is 30.3 Å². The summed E-state index contributed by atoms with van der Waals surface area (Å²) in [7, 11) is 1.33. The quantitative estimate of drug-likeness (QED) is 0.118. The molecule has 0 amide bonds. The lowest BCUT2D eigenvalue weighted by Crippen LogP contribution is -2.33. The van der Waals surface area contributed by atoms with E-state index >= 15 is 0 Å². The van der Waals surface area contributed by atoms with Crippen molar-refractivity contribution in [3.63, 3.8) is 0 Å². The van der Waals surface area contributed by atoms with Gasteiger partial charge in [0.15, 0.2) is 11.6 Å². The maximum absolute atomic E-state index is 13.1. The van der Waals surface area contributed by atoms with Crippen molar-refractivity contribution >= 4 is 23.2 Å². The number of hydrogen-bond acceptors (Lipinski definition) is 7. The first-order valence-electron chi connectivity index (χ1n) is 13.6. The van der Waals surface area contributed by atoms with Crippen LogP contribution in [0.2, 0.25) is 0 Å². The molecule has 7 nitrogen and oxygen atoms in total. The summed E-state index contributed by atoms with van der Waals surface area (Å²) in [5.41, 5.74) is 3.22. The largest absolute Gasteiger partial charge is 0.492 e. The summed E-state index contributed by atoms with van der Waals surface area (Å²) in [4.78, 5) is 37.9. The smallest absolute Gasteiger partial charge is 0.328 e. The molecule has 0 saturated heterocycles. The predicted octanol–water partition coefficient (Wildman–Crippen LogP) is 5.03. The zero-order valence-electron chi connectivity index (χ0n) is 23.3. The number of hydrogen-bond donors (Lipinski definition) is 2. The van der Waals surface area contributed by atoms with Crippen LogP contribution in [-0.4, -0.2) is 50.4 Å². The Morgan fingerprint density at radius 3 is 2.19 bits per heavy atom. The molecule has 0 radical (unpaired) electrons. The van der Waals surface area contributed by atoms with E-state index in [1.54, 1.807) is 48.5 Å². The number of benzene rings is 4. The lowest BCUT2D eigenvalue weighted by Gasteiger charge is -2.20. The topological polar surface area (TPSA) is 93.7 Å². The van der Waals surface area contributed by atoms with E-state index in [9.17, 15) is 18.8 Å². The van der Waals surface area contributed by atoms with Gasteiger partial charge in [0.1, 0.15) is 24.2 Å². The third-order valence-electron chi connectivity index (χ3n) is 6.57. The van der Waals surface area contributed by atoms with Crippen LogP contribution in [0.3, 0.4) is 0 Å². The van der Waals surface area contributed by atoms with E-state index in [4.69, 9.17) is 9.47 Å². The molecule has 216 valence electrons. The van der Waals surface area contributed by atoms with Crippen molar-refractivity contribution in [3.8, 4) is 5.75 Å². The second kappa shape index (κ2) is 15.3. The van der Waals surface area contributed by atoms with Crippen molar-refractivity contribution in [2.24, 2.45) is 0 Å². The second-order valence-corrected chi connectivity index (χ2v) is 9.68. The Kier molecular flexibility index (Phi) is 10.9. The molecule has 0 spiro atoms. The van der Waals surface area contributed by atoms with Gasteiger partial charge >= 0.3 is 5.97 Å². The number of methoxy groups -OCH3 is 1. The number of halogens is 1. The van der Waals surface area contributed by atoms with E-state index in [0.29, 0.717) is 42.1 Å². The average molecular weight is 569 g/mol. The minimum Gasteiger partial charge on any atom is -0.492 e. The standard InChI is InChI=1S/C34H33FN2O5/c1-41-34(40)32(37-31-10-6-5-9-30(31)33(39)26-7-3-2-4-8-26)22-25-13-17-29(18-14-25)42-20-19-36-23-28(38)21-24-11-15-27(35)16-12-24/h2-18,32,36-37H,19-23H2,1H3. The van der Waals surface area contributed by atoms with Gasteiger partial charge in [-0.3, -0.25) is 9.59 Å². The number of ketones is 2. The monoisotopic (exact) mass is 568 g/mol. The van der Waals surface area contributed by atoms with Gasteiger partial charge in [-0.25, -0.2) is 9.18 Å². The molecule has 1 unspecified atom stereocenters. The number of rotatable bonds is 15. The number of anilines is 1. The average Bonchev–Trinajstić information content (AvgIpc) is 3.02. The zero-order valence-corrected chi connectivity index (χ0v) is 23.3. The van der Waals surface area contributed by atoms with Gasteiger partial charge in [-0.2, -0.15) is 0 Å². The molecule has 0 fully saturated rings. The van der Waals surface area contributed by atoms with E-state index in [0.717, 1.165) is 11.1 Å². The fourth-order valence-electron chi connectivity index (χ4n) is 4.39. The molecule has 8 heteroatoms. The van der Waals surface area contributed by atoms with E-state index < -0.39 is 12.0 Å². The molecule has 42 heavy (non-hydrogen) atoms. The Balaban J connectivity index is 1.28. The highest BCUT2D eigenvalue weighted by molar-refractivity contribution is 6.12. The Hall–Kier alpha value is -4.82. The maximum atomic E-state index is 13.1. The van der Waals surface area contributed by atoms with Crippen molar-refractivity contribution in [2.45, 2.75) is 18.9 Å². The number of nitrogens with one attached hydrogen (secondary N) is 2. The second-order valence-electron chi connectivity index (χ2n) is 9.68. The van der Waals surface area contributed by atoms with Crippen molar-refractivity contribution in [1.82, 2.24) is 5.32 Å². The summed E-state index contributed by atoms with van der Waals surface area (Å²) in [6, 6.07) is 28.6. The third kappa shape index (κ3) is 8.84. The van der Waals surface area contributed by atoms with Crippen LogP contribution in [-0.2, 0) is 27.2 Å². The minimum atomic E-state index is -0.719. The van der Waals surface area contributed by atoms with Gasteiger partial charge in [-0.05, 0) is 47.5 Å². The van der Waals surface area contributed by atoms with Gasteiger partial charge in [0.2, 0.25) is 0 Å². The van der Waals surface area contributed by atoms with Crippen LogP contribution in [0.15, 0.2) is 103 Å². The summed E-state index contributed by atoms with van der Waals surface area (Å²) in [5.74, 6) is -0.258. The number of esters is 1. The molecule has 4 aromatic carbocycles. The molecule has 4 rings (SSSR count). The molecule has 4 aromatic rings. The number of carbonyl (C=O) groups is 3. The zero-order chi connectivity index (χ0) is 29.7. The summed E-state index contributed by atoms with van der Waals surface area (Å²) in [5, 5.41) is 6.27. The highest BCUT2D eigenvalue weighted by Gasteiger charge is 2.22. The number of carbonyl (C=O) groups excluding carboxylic acids is 3. The number of ether oxygens (including phenoxy) is 2. The molecule has 0 aromatic heterocycles. The summed E-state index contributed by atoms with van der Waals surface area (Å²) < 4.78 is 23.8.